The number of anilines is 1. The number of Topliss-reactive ketones (excluding diaryl/α,β-unsaturated/α-hetero) is 1. The van der Waals surface area contributed by atoms with Crippen LogP contribution >= 0.6 is 0 Å². The highest BCUT2D eigenvalue weighted by molar-refractivity contribution is 5.80. The van der Waals surface area contributed by atoms with E-state index in [1.165, 1.54) is 25.7 Å². The molecule has 3 fully saturated rings. The van der Waals surface area contributed by atoms with Crippen LogP contribution in [0.2, 0.25) is 0 Å². The maximum atomic E-state index is 12.0. The molecule has 2 saturated carbocycles. The number of piperazine rings is 1. The molecule has 5 nitrogen and oxygen atoms in total. The predicted octanol–water partition coefficient (Wildman–Crippen LogP) is 3.87. The summed E-state index contributed by atoms with van der Waals surface area (Å²) in [5.41, 5.74) is 1.71. The van der Waals surface area contributed by atoms with Crippen LogP contribution in [0.25, 0.3) is 0 Å². The van der Waals surface area contributed by atoms with Gasteiger partial charge in [0.2, 0.25) is 0 Å². The van der Waals surface area contributed by atoms with Crippen LogP contribution in [-0.4, -0.2) is 52.4 Å². The molecule has 1 aliphatic heterocycles. The van der Waals surface area contributed by atoms with E-state index >= 15 is 0 Å². The van der Waals surface area contributed by atoms with Crippen LogP contribution < -0.4 is 4.90 Å². The predicted molar refractivity (Wildman–Crippen MR) is 113 cm³/mol. The zero-order valence-corrected chi connectivity index (χ0v) is 17.9. The van der Waals surface area contributed by atoms with Crippen molar-refractivity contribution in [2.75, 3.05) is 24.5 Å². The molecule has 154 valence electrons. The first kappa shape index (κ1) is 19.8. The Labute approximate surface area is 169 Å². The zero-order valence-electron chi connectivity index (χ0n) is 17.9. The van der Waals surface area contributed by atoms with Crippen LogP contribution in [-0.2, 0) is 11.2 Å². The minimum Gasteiger partial charge on any atom is -0.366 e. The van der Waals surface area contributed by atoms with E-state index in [1.807, 2.05) is 19.3 Å². The largest absolute Gasteiger partial charge is 0.366 e. The van der Waals surface area contributed by atoms with Gasteiger partial charge in [-0.05, 0) is 50.9 Å². The number of aromatic nitrogens is 2. The molecule has 1 aromatic heterocycles. The van der Waals surface area contributed by atoms with Gasteiger partial charge in [-0.2, -0.15) is 0 Å². The van der Waals surface area contributed by atoms with Crippen molar-refractivity contribution in [3.05, 3.63) is 18.2 Å². The van der Waals surface area contributed by atoms with Crippen LogP contribution in [0.3, 0.4) is 0 Å². The summed E-state index contributed by atoms with van der Waals surface area (Å²) < 4.78 is 0. The third kappa shape index (κ3) is 3.83. The molecular weight excluding hydrogens is 348 g/mol. The molecule has 0 N–H and O–H groups in total. The Balaban J connectivity index is 1.28. The second-order valence-corrected chi connectivity index (χ2v) is 9.40. The van der Waals surface area contributed by atoms with Gasteiger partial charge in [-0.3, -0.25) is 9.69 Å². The first-order chi connectivity index (χ1) is 13.5. The van der Waals surface area contributed by atoms with Crippen molar-refractivity contribution in [1.82, 2.24) is 14.9 Å². The Bertz CT molecular complexity index is 672. The summed E-state index contributed by atoms with van der Waals surface area (Å²) in [5, 5.41) is 0. The van der Waals surface area contributed by atoms with Crippen molar-refractivity contribution >= 4 is 11.5 Å². The summed E-state index contributed by atoms with van der Waals surface area (Å²) in [6.45, 7) is 9.73. The standard InChI is InChI=1S/C23H36N4O/c1-4-21(28)18-6-8-23(9-7-18)12-19(13-23)27-11-10-26(16-17(27)3)20-14-24-22(5-2)25-15-20/h14-15,17-19H,4-13,16H2,1-3H3/t17-,18?,19?,23?/m0/s1. The second kappa shape index (κ2) is 8.10. The van der Waals surface area contributed by atoms with Crippen LogP contribution in [0.5, 0.6) is 0 Å². The van der Waals surface area contributed by atoms with E-state index < -0.39 is 0 Å². The Morgan fingerprint density at radius 1 is 1.14 bits per heavy atom. The molecule has 1 atom stereocenters. The van der Waals surface area contributed by atoms with E-state index in [0.717, 1.165) is 56.5 Å². The fourth-order valence-electron chi connectivity index (χ4n) is 5.87. The fourth-order valence-corrected chi connectivity index (χ4v) is 5.87. The molecule has 0 bridgehead atoms. The van der Waals surface area contributed by atoms with E-state index in [1.54, 1.807) is 0 Å². The average Bonchev–Trinajstić information content (AvgIpc) is 2.72. The lowest BCUT2D eigenvalue weighted by molar-refractivity contribution is -0.126. The van der Waals surface area contributed by atoms with E-state index in [-0.39, 0.29) is 0 Å². The van der Waals surface area contributed by atoms with Gasteiger partial charge in [0.1, 0.15) is 11.6 Å². The van der Waals surface area contributed by atoms with Gasteiger partial charge in [0, 0.05) is 50.5 Å². The van der Waals surface area contributed by atoms with E-state index in [2.05, 4.69) is 33.6 Å². The lowest BCUT2D eigenvalue weighted by Crippen LogP contribution is -2.61. The molecule has 1 spiro atoms. The van der Waals surface area contributed by atoms with E-state index in [4.69, 9.17) is 0 Å². The highest BCUT2D eigenvalue weighted by Crippen LogP contribution is 2.54. The molecule has 2 aliphatic carbocycles. The number of aryl methyl sites for hydroxylation is 1. The topological polar surface area (TPSA) is 49.3 Å². The van der Waals surface area contributed by atoms with Gasteiger partial charge >= 0.3 is 0 Å². The van der Waals surface area contributed by atoms with E-state index in [0.29, 0.717) is 29.6 Å². The number of hydrogen-bond acceptors (Lipinski definition) is 5. The van der Waals surface area contributed by atoms with Crippen LogP contribution in [0.15, 0.2) is 12.4 Å². The SMILES string of the molecule is CCC(=O)C1CCC2(CC1)CC(N1CCN(c3cnc(CC)nc3)C[C@@H]1C)C2. The van der Waals surface area contributed by atoms with Crippen molar-refractivity contribution in [2.45, 2.75) is 84.2 Å². The summed E-state index contributed by atoms with van der Waals surface area (Å²) >= 11 is 0. The Hall–Kier alpha value is -1.49. The van der Waals surface area contributed by atoms with Crippen molar-refractivity contribution < 1.29 is 4.79 Å². The molecule has 0 radical (unpaired) electrons. The molecule has 0 aromatic carbocycles. The third-order valence-corrected chi connectivity index (χ3v) is 7.71. The maximum Gasteiger partial charge on any atom is 0.135 e. The zero-order chi connectivity index (χ0) is 19.7. The minimum atomic E-state index is 0.360. The van der Waals surface area contributed by atoms with Crippen LogP contribution in [0.4, 0.5) is 5.69 Å². The number of rotatable bonds is 5. The monoisotopic (exact) mass is 384 g/mol. The van der Waals surface area contributed by atoms with Crippen molar-refractivity contribution in [1.29, 1.82) is 0 Å². The smallest absolute Gasteiger partial charge is 0.135 e. The average molecular weight is 385 g/mol. The minimum absolute atomic E-state index is 0.360. The molecular formula is C23H36N4O. The van der Waals surface area contributed by atoms with Gasteiger partial charge in [-0.1, -0.05) is 13.8 Å². The Morgan fingerprint density at radius 3 is 2.39 bits per heavy atom. The van der Waals surface area contributed by atoms with Gasteiger partial charge in [-0.15, -0.1) is 0 Å². The molecule has 4 rings (SSSR count). The molecule has 0 amide bonds. The third-order valence-electron chi connectivity index (χ3n) is 7.71. The van der Waals surface area contributed by atoms with E-state index in [9.17, 15) is 4.79 Å². The number of nitrogens with zero attached hydrogens (tertiary/aromatic N) is 4. The number of hydrogen-bond donors (Lipinski definition) is 0. The fraction of sp³-hybridized carbons (Fsp3) is 0.783. The molecule has 1 saturated heterocycles. The lowest BCUT2D eigenvalue weighted by atomic mass is 9.56. The Kier molecular flexibility index (Phi) is 5.73. The highest BCUT2D eigenvalue weighted by atomic mass is 16.1. The lowest BCUT2D eigenvalue weighted by Gasteiger charge is -2.57. The van der Waals surface area contributed by atoms with Crippen molar-refractivity contribution in [2.24, 2.45) is 11.3 Å². The maximum absolute atomic E-state index is 12.0. The van der Waals surface area contributed by atoms with Crippen molar-refractivity contribution in [3.63, 3.8) is 0 Å². The van der Waals surface area contributed by atoms with Crippen molar-refractivity contribution in [3.8, 4) is 0 Å². The summed E-state index contributed by atoms with van der Waals surface area (Å²) in [4.78, 5) is 26.1. The molecule has 28 heavy (non-hydrogen) atoms. The summed E-state index contributed by atoms with van der Waals surface area (Å²) in [6, 6.07) is 1.31. The normalized spacial score (nSPS) is 33.7. The van der Waals surface area contributed by atoms with Crippen LogP contribution in [0.1, 0.15) is 71.5 Å². The van der Waals surface area contributed by atoms with Gasteiger partial charge in [0.25, 0.3) is 0 Å². The Morgan fingerprint density at radius 2 is 1.82 bits per heavy atom. The number of carbonyl (C=O) groups excluding carboxylic acids is 1. The quantitative estimate of drug-likeness (QED) is 0.771. The van der Waals surface area contributed by atoms with Gasteiger partial charge in [-0.25, -0.2) is 9.97 Å². The number of carbonyl (C=O) groups is 1. The summed E-state index contributed by atoms with van der Waals surface area (Å²) in [5.74, 6) is 1.77. The summed E-state index contributed by atoms with van der Waals surface area (Å²) in [7, 11) is 0. The van der Waals surface area contributed by atoms with Gasteiger partial charge < -0.3 is 4.90 Å². The first-order valence-corrected chi connectivity index (χ1v) is 11.4. The second-order valence-electron chi connectivity index (χ2n) is 9.40. The molecule has 0 unspecified atom stereocenters. The van der Waals surface area contributed by atoms with Gasteiger partial charge in [0.05, 0.1) is 18.1 Å². The summed E-state index contributed by atoms with van der Waals surface area (Å²) in [6.07, 6.45) is 13.1. The first-order valence-electron chi connectivity index (χ1n) is 11.4. The molecule has 2 heterocycles. The highest BCUT2D eigenvalue weighted by Gasteiger charge is 2.49. The van der Waals surface area contributed by atoms with Crippen LogP contribution in [0, 0.1) is 11.3 Å². The number of ketones is 1. The van der Waals surface area contributed by atoms with Gasteiger partial charge in [0.15, 0.2) is 0 Å². The molecule has 3 aliphatic rings. The molecule has 5 heteroatoms. The molecule has 1 aromatic rings.